The molecule has 0 spiro atoms. The Bertz CT molecular complexity index is 388. The van der Waals surface area contributed by atoms with E-state index >= 15 is 0 Å². The zero-order valence-electron chi connectivity index (χ0n) is 10.7. The van der Waals surface area contributed by atoms with Crippen LogP contribution in [0.15, 0.2) is 30.4 Å². The van der Waals surface area contributed by atoms with Crippen molar-refractivity contribution < 1.29 is 4.74 Å². The molecule has 2 nitrogen and oxygen atoms in total. The number of hydrogen-bond donors (Lipinski definition) is 1. The highest BCUT2D eigenvalue weighted by molar-refractivity contribution is 6.32. The van der Waals surface area contributed by atoms with Gasteiger partial charge >= 0.3 is 0 Å². The monoisotopic (exact) mass is 253 g/mol. The van der Waals surface area contributed by atoms with Crippen molar-refractivity contribution in [3.8, 4) is 5.75 Å². The highest BCUT2D eigenvalue weighted by Gasteiger charge is 2.08. The average molecular weight is 254 g/mol. The van der Waals surface area contributed by atoms with Gasteiger partial charge in [-0.1, -0.05) is 44.2 Å². The van der Waals surface area contributed by atoms with Crippen LogP contribution in [-0.4, -0.2) is 12.6 Å². The van der Waals surface area contributed by atoms with Gasteiger partial charge in [0.2, 0.25) is 0 Å². The molecular formula is C14H20ClNO. The molecule has 0 aromatic heterocycles. The zero-order chi connectivity index (χ0) is 12.8. The van der Waals surface area contributed by atoms with Crippen molar-refractivity contribution in [1.82, 2.24) is 5.32 Å². The van der Waals surface area contributed by atoms with E-state index in [1.807, 2.05) is 25.1 Å². The summed E-state index contributed by atoms with van der Waals surface area (Å²) in [5.41, 5.74) is 2.06. The quantitative estimate of drug-likeness (QED) is 0.779. The highest BCUT2D eigenvalue weighted by atomic mass is 35.5. The standard InChI is InChI=1S/C14H20ClNO/c1-10(2)9-17-14-12(8-16-11(3)4)6-5-7-13(14)15/h5-7,11,16H,1,8-9H2,2-4H3. The molecule has 0 fully saturated rings. The molecule has 0 unspecified atom stereocenters. The molecule has 0 aliphatic carbocycles. The van der Waals surface area contributed by atoms with E-state index in [2.05, 4.69) is 25.7 Å². The minimum absolute atomic E-state index is 0.433. The number of nitrogens with one attached hydrogen (secondary N) is 1. The van der Waals surface area contributed by atoms with Gasteiger partial charge in [-0.15, -0.1) is 0 Å². The zero-order valence-corrected chi connectivity index (χ0v) is 11.5. The first-order valence-electron chi connectivity index (χ1n) is 5.78. The minimum atomic E-state index is 0.433. The normalized spacial score (nSPS) is 10.6. The Hall–Kier alpha value is -0.990. The van der Waals surface area contributed by atoms with Crippen LogP contribution in [0.1, 0.15) is 26.3 Å². The summed E-state index contributed by atoms with van der Waals surface area (Å²) in [6, 6.07) is 6.24. The Kier molecular flexibility index (Phi) is 5.52. The molecule has 1 N–H and O–H groups in total. The van der Waals surface area contributed by atoms with E-state index in [1.54, 1.807) is 0 Å². The Morgan fingerprint density at radius 3 is 2.76 bits per heavy atom. The van der Waals surface area contributed by atoms with E-state index < -0.39 is 0 Å². The van der Waals surface area contributed by atoms with Crippen LogP contribution in [0, 0.1) is 0 Å². The van der Waals surface area contributed by atoms with Crippen molar-refractivity contribution in [2.75, 3.05) is 6.61 Å². The lowest BCUT2D eigenvalue weighted by Crippen LogP contribution is -2.22. The molecule has 1 rings (SSSR count). The number of hydrogen-bond acceptors (Lipinski definition) is 2. The van der Waals surface area contributed by atoms with Crippen molar-refractivity contribution in [1.29, 1.82) is 0 Å². The first kappa shape index (κ1) is 14.1. The summed E-state index contributed by atoms with van der Waals surface area (Å²) in [4.78, 5) is 0. The van der Waals surface area contributed by atoms with Gasteiger partial charge in [-0.25, -0.2) is 0 Å². The fraction of sp³-hybridized carbons (Fsp3) is 0.429. The second-order valence-electron chi connectivity index (χ2n) is 4.51. The van der Waals surface area contributed by atoms with Crippen molar-refractivity contribution in [3.05, 3.63) is 40.9 Å². The average Bonchev–Trinajstić information content (AvgIpc) is 2.24. The van der Waals surface area contributed by atoms with E-state index in [1.165, 1.54) is 0 Å². The molecule has 0 amide bonds. The smallest absolute Gasteiger partial charge is 0.142 e. The highest BCUT2D eigenvalue weighted by Crippen LogP contribution is 2.29. The Balaban J connectivity index is 2.80. The van der Waals surface area contributed by atoms with Gasteiger partial charge < -0.3 is 10.1 Å². The lowest BCUT2D eigenvalue weighted by Gasteiger charge is -2.15. The first-order chi connectivity index (χ1) is 8.00. The molecule has 0 radical (unpaired) electrons. The Labute approximate surface area is 109 Å². The number of ether oxygens (including phenoxy) is 1. The molecule has 0 atom stereocenters. The van der Waals surface area contributed by atoms with E-state index in [-0.39, 0.29) is 0 Å². The van der Waals surface area contributed by atoms with Gasteiger partial charge in [-0.2, -0.15) is 0 Å². The summed E-state index contributed by atoms with van der Waals surface area (Å²) >= 11 is 6.15. The second kappa shape index (κ2) is 6.67. The maximum absolute atomic E-state index is 6.15. The topological polar surface area (TPSA) is 21.3 Å². The molecule has 3 heteroatoms. The summed E-state index contributed by atoms with van der Waals surface area (Å²) in [6.07, 6.45) is 0. The Morgan fingerprint density at radius 1 is 1.47 bits per heavy atom. The summed E-state index contributed by atoms with van der Waals surface area (Å²) in [5, 5.41) is 4.00. The molecule has 0 bridgehead atoms. The summed E-state index contributed by atoms with van der Waals surface area (Å²) in [5.74, 6) is 0.755. The number of halogens is 1. The number of para-hydroxylation sites is 1. The van der Waals surface area contributed by atoms with Crippen molar-refractivity contribution >= 4 is 11.6 Å². The third kappa shape index (κ3) is 4.80. The van der Waals surface area contributed by atoms with Crippen molar-refractivity contribution in [2.24, 2.45) is 0 Å². The third-order valence-corrected chi connectivity index (χ3v) is 2.51. The van der Waals surface area contributed by atoms with Crippen molar-refractivity contribution in [2.45, 2.75) is 33.4 Å². The summed E-state index contributed by atoms with van der Waals surface area (Å²) < 4.78 is 5.69. The van der Waals surface area contributed by atoms with Crippen LogP contribution < -0.4 is 10.1 Å². The molecule has 1 aromatic carbocycles. The van der Waals surface area contributed by atoms with Crippen LogP contribution in [0.4, 0.5) is 0 Å². The van der Waals surface area contributed by atoms with Crippen LogP contribution in [0.5, 0.6) is 5.75 Å². The lowest BCUT2D eigenvalue weighted by atomic mass is 10.2. The molecule has 17 heavy (non-hydrogen) atoms. The third-order valence-electron chi connectivity index (χ3n) is 2.21. The van der Waals surface area contributed by atoms with Gasteiger partial charge in [0.05, 0.1) is 5.02 Å². The van der Waals surface area contributed by atoms with Crippen LogP contribution in [0.2, 0.25) is 5.02 Å². The maximum Gasteiger partial charge on any atom is 0.142 e. The van der Waals surface area contributed by atoms with Gasteiger partial charge in [0, 0.05) is 18.2 Å². The van der Waals surface area contributed by atoms with Crippen LogP contribution in [0.3, 0.4) is 0 Å². The van der Waals surface area contributed by atoms with Crippen LogP contribution >= 0.6 is 11.6 Å². The molecule has 0 saturated heterocycles. The van der Waals surface area contributed by atoms with E-state index in [0.717, 1.165) is 23.4 Å². The number of rotatable bonds is 6. The van der Waals surface area contributed by atoms with Gasteiger partial charge in [0.15, 0.2) is 0 Å². The first-order valence-corrected chi connectivity index (χ1v) is 6.16. The predicted octanol–water partition coefficient (Wildman–Crippen LogP) is 3.79. The van der Waals surface area contributed by atoms with Crippen molar-refractivity contribution in [3.63, 3.8) is 0 Å². The molecule has 1 aromatic rings. The molecular weight excluding hydrogens is 234 g/mol. The van der Waals surface area contributed by atoms with Gasteiger partial charge in [-0.3, -0.25) is 0 Å². The minimum Gasteiger partial charge on any atom is -0.487 e. The molecule has 94 valence electrons. The summed E-state index contributed by atoms with van der Waals surface area (Å²) in [6.45, 7) is 11.2. The second-order valence-corrected chi connectivity index (χ2v) is 4.92. The molecule has 0 aliphatic rings. The number of benzene rings is 1. The predicted molar refractivity (Wildman–Crippen MR) is 73.7 cm³/mol. The van der Waals surface area contributed by atoms with Gasteiger partial charge in [-0.05, 0) is 18.6 Å². The summed E-state index contributed by atoms with van der Waals surface area (Å²) in [7, 11) is 0. The molecule has 0 aliphatic heterocycles. The largest absolute Gasteiger partial charge is 0.487 e. The lowest BCUT2D eigenvalue weighted by molar-refractivity contribution is 0.347. The van der Waals surface area contributed by atoms with Crippen LogP contribution in [-0.2, 0) is 6.54 Å². The Morgan fingerprint density at radius 2 is 2.18 bits per heavy atom. The maximum atomic E-state index is 6.15. The van der Waals surface area contributed by atoms with Gasteiger partial charge in [0.1, 0.15) is 12.4 Å². The fourth-order valence-corrected chi connectivity index (χ4v) is 1.61. The van der Waals surface area contributed by atoms with E-state index in [0.29, 0.717) is 17.7 Å². The van der Waals surface area contributed by atoms with Crippen LogP contribution in [0.25, 0.3) is 0 Å². The molecule has 0 saturated carbocycles. The molecule has 0 heterocycles. The van der Waals surface area contributed by atoms with E-state index in [9.17, 15) is 0 Å². The SMILES string of the molecule is C=C(C)COc1c(Cl)cccc1CNC(C)C. The van der Waals surface area contributed by atoms with E-state index in [4.69, 9.17) is 16.3 Å². The van der Waals surface area contributed by atoms with Gasteiger partial charge in [0.25, 0.3) is 0 Å². The fourth-order valence-electron chi connectivity index (χ4n) is 1.36.